The number of aromatic nitrogens is 1. The molecule has 0 amide bonds. The fourth-order valence-corrected chi connectivity index (χ4v) is 6.41. The number of esters is 1. The normalized spacial score (nSPS) is 31.1. The number of ether oxygens (including phenoxy) is 2. The lowest BCUT2D eigenvalue weighted by molar-refractivity contribution is -0.155. The van der Waals surface area contributed by atoms with E-state index in [9.17, 15) is 24.9 Å². The maximum absolute atomic E-state index is 13.4. The molecule has 2 aromatic rings. The molecule has 10 heteroatoms. The van der Waals surface area contributed by atoms with Gasteiger partial charge in [-0.3, -0.25) is 9.59 Å². The molecule has 2 aliphatic rings. The largest absolute Gasteiger partial charge is 0.508 e. The first-order valence-electron chi connectivity index (χ1n) is 15.0. The number of thiazole rings is 1. The number of nitrogens with zero attached hydrogens (tertiary/aromatic N) is 2. The zero-order chi connectivity index (χ0) is 31.5. The number of aliphatic imine (C=N–C) groups is 1. The molecule has 1 unspecified atom stereocenters. The van der Waals surface area contributed by atoms with Crippen LogP contribution in [0.2, 0.25) is 0 Å². The summed E-state index contributed by atoms with van der Waals surface area (Å²) in [5.74, 6) is -1.21. The van der Waals surface area contributed by atoms with Gasteiger partial charge in [-0.1, -0.05) is 34.1 Å². The number of hydrogen-bond donors (Lipinski definition) is 3. The van der Waals surface area contributed by atoms with Crippen LogP contribution in [0.3, 0.4) is 0 Å². The second-order valence-electron chi connectivity index (χ2n) is 12.6. The first-order valence-corrected chi connectivity index (χ1v) is 15.9. The highest BCUT2D eigenvalue weighted by Crippen LogP contribution is 2.34. The Morgan fingerprint density at radius 1 is 1.09 bits per heavy atom. The van der Waals surface area contributed by atoms with Gasteiger partial charge in [0.2, 0.25) is 5.90 Å². The Kier molecular flexibility index (Phi) is 10.5. The van der Waals surface area contributed by atoms with Crippen LogP contribution >= 0.6 is 11.3 Å². The first kappa shape index (κ1) is 32.8. The zero-order valence-electron chi connectivity index (χ0n) is 25.8. The van der Waals surface area contributed by atoms with E-state index >= 15 is 0 Å². The van der Waals surface area contributed by atoms with Gasteiger partial charge in [-0.15, -0.1) is 11.3 Å². The van der Waals surface area contributed by atoms with E-state index in [1.807, 2.05) is 32.2 Å². The van der Waals surface area contributed by atoms with Gasteiger partial charge in [-0.05, 0) is 68.5 Å². The average molecular weight is 613 g/mol. The lowest BCUT2D eigenvalue weighted by atomic mass is 9.73. The van der Waals surface area contributed by atoms with Crippen LogP contribution in [0.4, 0.5) is 0 Å². The van der Waals surface area contributed by atoms with Crippen molar-refractivity contribution >= 4 is 35.1 Å². The molecule has 4 rings (SSSR count). The molecule has 1 saturated heterocycles. The third-order valence-corrected chi connectivity index (χ3v) is 9.62. The number of carbonyl (C=O) groups is 2. The number of aryl methyl sites for hydroxylation is 1. The Morgan fingerprint density at radius 2 is 1.79 bits per heavy atom. The van der Waals surface area contributed by atoms with Gasteiger partial charge in [-0.2, -0.15) is 0 Å². The van der Waals surface area contributed by atoms with Gasteiger partial charge in [0, 0.05) is 23.3 Å². The van der Waals surface area contributed by atoms with Crippen LogP contribution in [0.5, 0.6) is 5.75 Å². The highest BCUT2D eigenvalue weighted by atomic mass is 32.1. The zero-order valence-corrected chi connectivity index (χ0v) is 26.6. The minimum Gasteiger partial charge on any atom is -0.508 e. The summed E-state index contributed by atoms with van der Waals surface area (Å²) in [4.78, 5) is 36.1. The van der Waals surface area contributed by atoms with Crippen molar-refractivity contribution in [1.29, 1.82) is 0 Å². The summed E-state index contributed by atoms with van der Waals surface area (Å²) in [6, 6.07) is 6.42. The minimum atomic E-state index is -1.30. The maximum atomic E-state index is 13.4. The highest BCUT2D eigenvalue weighted by molar-refractivity contribution is 7.09. The fourth-order valence-electron chi connectivity index (χ4n) is 5.84. The second kappa shape index (κ2) is 13.7. The average Bonchev–Trinajstić information content (AvgIpc) is 3.56. The van der Waals surface area contributed by atoms with Crippen molar-refractivity contribution < 1.29 is 34.4 Å². The van der Waals surface area contributed by atoms with Crippen LogP contribution in [-0.4, -0.2) is 68.4 Å². The molecular weight excluding hydrogens is 568 g/mol. The molecule has 234 valence electrons. The summed E-state index contributed by atoms with van der Waals surface area (Å²) in [7, 11) is 0. The molecule has 0 saturated carbocycles. The predicted molar refractivity (Wildman–Crippen MR) is 166 cm³/mol. The number of hydrogen-bond acceptors (Lipinski definition) is 10. The summed E-state index contributed by atoms with van der Waals surface area (Å²) in [6.07, 6.45) is 0.641. The molecule has 2 aliphatic heterocycles. The van der Waals surface area contributed by atoms with Crippen LogP contribution in [-0.2, 0) is 19.1 Å². The third-order valence-electron chi connectivity index (χ3n) is 8.83. The van der Waals surface area contributed by atoms with Crippen molar-refractivity contribution in [3.63, 3.8) is 0 Å². The molecule has 0 spiro atoms. The molecule has 0 aliphatic carbocycles. The van der Waals surface area contributed by atoms with Crippen molar-refractivity contribution in [1.82, 2.24) is 4.98 Å². The quantitative estimate of drug-likeness (QED) is 0.400. The number of fused-ring (bicyclic) bond motifs is 1. The van der Waals surface area contributed by atoms with E-state index in [1.165, 1.54) is 11.3 Å². The molecule has 1 aromatic heterocycles. The second-order valence-corrected chi connectivity index (χ2v) is 13.7. The van der Waals surface area contributed by atoms with E-state index in [2.05, 4.69) is 4.98 Å². The van der Waals surface area contributed by atoms with Crippen molar-refractivity contribution in [3.8, 4) is 5.75 Å². The van der Waals surface area contributed by atoms with E-state index in [0.29, 0.717) is 25.2 Å². The van der Waals surface area contributed by atoms with Gasteiger partial charge in [-0.25, -0.2) is 9.98 Å². The van der Waals surface area contributed by atoms with Gasteiger partial charge >= 0.3 is 5.97 Å². The molecule has 0 radical (unpaired) electrons. The Bertz CT molecular complexity index is 1350. The minimum absolute atomic E-state index is 0.142. The molecule has 0 bridgehead atoms. The fraction of sp³-hybridized carbons (Fsp3) is 0.576. The van der Waals surface area contributed by atoms with E-state index in [1.54, 1.807) is 45.0 Å². The maximum Gasteiger partial charge on any atom is 0.309 e. The number of aliphatic hydroxyl groups is 2. The number of ketones is 1. The van der Waals surface area contributed by atoms with E-state index in [0.717, 1.165) is 28.3 Å². The number of cyclic esters (lactones) is 1. The Balaban J connectivity index is 1.67. The summed E-state index contributed by atoms with van der Waals surface area (Å²) in [5, 5.41) is 34.7. The number of phenolic OH excluding ortho intramolecular Hbond substituents is 1. The van der Waals surface area contributed by atoms with Crippen molar-refractivity contribution in [2.24, 2.45) is 22.2 Å². The number of rotatable bonds is 3. The molecule has 3 N–H and O–H groups in total. The summed E-state index contributed by atoms with van der Waals surface area (Å²) >= 11 is 1.53. The topological polar surface area (TPSA) is 139 Å². The first-order chi connectivity index (χ1) is 20.3. The number of phenols is 1. The van der Waals surface area contributed by atoms with Crippen molar-refractivity contribution in [2.75, 3.05) is 0 Å². The number of aliphatic hydroxyl groups excluding tert-OH is 2. The summed E-state index contributed by atoms with van der Waals surface area (Å²) in [5.41, 5.74) is 1.01. The summed E-state index contributed by atoms with van der Waals surface area (Å²) in [6.45, 7) is 10.6. The monoisotopic (exact) mass is 612 g/mol. The Hall–Kier alpha value is -3.08. The van der Waals surface area contributed by atoms with Gasteiger partial charge in [0.25, 0.3) is 0 Å². The molecular formula is C33H44N2O7S. The Morgan fingerprint density at radius 3 is 2.44 bits per heavy atom. The van der Waals surface area contributed by atoms with Crippen LogP contribution in [0, 0.1) is 24.2 Å². The van der Waals surface area contributed by atoms with Crippen LogP contribution in [0.15, 0.2) is 40.2 Å². The molecule has 1 fully saturated rings. The van der Waals surface area contributed by atoms with Gasteiger partial charge < -0.3 is 24.8 Å². The highest BCUT2D eigenvalue weighted by Gasteiger charge is 2.43. The van der Waals surface area contributed by atoms with E-state index < -0.39 is 41.7 Å². The third kappa shape index (κ3) is 7.91. The van der Waals surface area contributed by atoms with Gasteiger partial charge in [0.05, 0.1) is 40.8 Å². The van der Waals surface area contributed by atoms with E-state index in [4.69, 9.17) is 14.5 Å². The van der Waals surface area contributed by atoms with Gasteiger partial charge in [0.15, 0.2) is 0 Å². The number of aromatic hydroxyl groups is 1. The smallest absolute Gasteiger partial charge is 0.309 e. The lowest BCUT2D eigenvalue weighted by Gasteiger charge is -2.34. The van der Waals surface area contributed by atoms with Crippen molar-refractivity contribution in [2.45, 2.75) is 104 Å². The predicted octanol–water partition coefficient (Wildman–Crippen LogP) is 5.24. The van der Waals surface area contributed by atoms with Crippen molar-refractivity contribution in [3.05, 3.63) is 51.5 Å². The molecule has 43 heavy (non-hydrogen) atoms. The number of Topliss-reactive ketones (excluding diaryl/α,β-unsaturated/α-hetero) is 1. The molecule has 7 atom stereocenters. The summed E-state index contributed by atoms with van der Waals surface area (Å²) < 4.78 is 12.4. The lowest BCUT2D eigenvalue weighted by Crippen LogP contribution is -2.46. The van der Waals surface area contributed by atoms with E-state index in [-0.39, 0.29) is 29.9 Å². The number of benzene rings is 1. The number of carbonyl (C=O) groups excluding carboxylic acids is 2. The van der Waals surface area contributed by atoms with Crippen LogP contribution < -0.4 is 0 Å². The SMILES string of the molecule is C/C(=C\c1csc(C)n1)[C@@H]1C[C@@H]2OC(c3ccc(O)cc3)=NC2CCC[C@H](C)[C@H](O)[C@@H](C)C(=O)C(C)(C)[C@@H](O)CC(=O)O1. The van der Waals surface area contributed by atoms with Gasteiger partial charge in [0.1, 0.15) is 23.7 Å². The van der Waals surface area contributed by atoms with Crippen LogP contribution in [0.1, 0.15) is 83.0 Å². The molecule has 3 heterocycles. The Labute approximate surface area is 257 Å². The standard InChI is InChI=1S/C33H44N2O7S/c1-18-8-7-9-25-27(42-32(35-25)22-10-12-24(36)13-11-22)15-26(19(2)14-23-17-43-21(4)34-23)41-29(38)16-28(37)33(5,6)31(40)20(3)30(18)39/h10-14,17-18,20,25-28,30,36-37,39H,7-9,15-16H2,1-6H3/b19-14+/t18-,20+,25?,26-,27-,28-,30-/m0/s1. The molecule has 1 aromatic carbocycles. The van der Waals surface area contributed by atoms with Crippen LogP contribution in [0.25, 0.3) is 6.08 Å². The molecule has 9 nitrogen and oxygen atoms in total.